The van der Waals surface area contributed by atoms with Crippen LogP contribution in [-0.2, 0) is 0 Å². The van der Waals surface area contributed by atoms with Gasteiger partial charge in [-0.3, -0.25) is 4.79 Å². The fourth-order valence-corrected chi connectivity index (χ4v) is 5.90. The first kappa shape index (κ1) is 22.1. The molecule has 2 aliphatic carbocycles. The first-order valence-corrected chi connectivity index (χ1v) is 12.6. The van der Waals surface area contributed by atoms with E-state index < -0.39 is 0 Å². The van der Waals surface area contributed by atoms with Crippen LogP contribution in [0.2, 0.25) is 0 Å². The Labute approximate surface area is 205 Å². The Morgan fingerprint density at radius 3 is 2.57 bits per heavy atom. The highest BCUT2D eigenvalue weighted by Gasteiger charge is 2.59. The molecule has 1 aromatic carbocycles. The summed E-state index contributed by atoms with van der Waals surface area (Å²) < 4.78 is 0. The average molecular weight is 469 g/mol. The van der Waals surface area contributed by atoms with Crippen LogP contribution in [0.4, 0.5) is 5.69 Å². The molecule has 3 heterocycles. The Balaban J connectivity index is 1.22. The number of fused-ring (bicyclic) bond motifs is 3. The van der Waals surface area contributed by atoms with Crippen molar-refractivity contribution in [2.75, 3.05) is 18.4 Å². The lowest BCUT2D eigenvalue weighted by Crippen LogP contribution is -2.46. The maximum Gasteiger partial charge on any atom is 0.253 e. The lowest BCUT2D eigenvalue weighted by atomic mass is 9.69. The van der Waals surface area contributed by atoms with Crippen LogP contribution in [0.15, 0.2) is 36.5 Å². The second-order valence-electron chi connectivity index (χ2n) is 10.9. The van der Waals surface area contributed by atoms with Gasteiger partial charge in [0.15, 0.2) is 5.65 Å². The van der Waals surface area contributed by atoms with Gasteiger partial charge in [-0.15, -0.1) is 0 Å². The van der Waals surface area contributed by atoms with Crippen molar-refractivity contribution in [1.82, 2.24) is 25.6 Å². The minimum Gasteiger partial charge on any atom is -0.382 e. The van der Waals surface area contributed by atoms with Crippen LogP contribution in [0.3, 0.4) is 0 Å². The molecule has 3 aliphatic rings. The zero-order valence-electron chi connectivity index (χ0n) is 20.5. The van der Waals surface area contributed by atoms with Crippen molar-refractivity contribution in [2.45, 2.75) is 52.1 Å². The predicted molar refractivity (Wildman–Crippen MR) is 138 cm³/mol. The first-order chi connectivity index (χ1) is 16.8. The van der Waals surface area contributed by atoms with E-state index in [-0.39, 0.29) is 22.8 Å². The number of nitrogens with zero attached hydrogens (tertiary/aromatic N) is 2. The lowest BCUT2D eigenvalue weighted by molar-refractivity contribution is 0.0893. The second-order valence-corrected chi connectivity index (χ2v) is 10.9. The molecule has 1 amide bonds. The Bertz CT molecular complexity index is 1340. The second kappa shape index (κ2) is 8.10. The van der Waals surface area contributed by atoms with Gasteiger partial charge in [-0.2, -0.15) is 0 Å². The van der Waals surface area contributed by atoms with Crippen molar-refractivity contribution in [3.8, 4) is 23.2 Å². The molecule has 7 nitrogen and oxygen atoms in total. The minimum atomic E-state index is -0.220. The van der Waals surface area contributed by atoms with Crippen molar-refractivity contribution in [2.24, 2.45) is 16.7 Å². The van der Waals surface area contributed by atoms with Gasteiger partial charge in [-0.25, -0.2) is 9.97 Å². The quantitative estimate of drug-likeness (QED) is 0.425. The summed E-state index contributed by atoms with van der Waals surface area (Å²) in [5.41, 5.74) is 3.66. The van der Waals surface area contributed by atoms with Crippen LogP contribution < -0.4 is 16.0 Å². The smallest absolute Gasteiger partial charge is 0.253 e. The lowest BCUT2D eigenvalue weighted by Gasteiger charge is -2.36. The number of H-pyrrole nitrogens is 1. The number of amides is 1. The highest BCUT2D eigenvalue weighted by atomic mass is 16.1. The summed E-state index contributed by atoms with van der Waals surface area (Å²) in [5, 5.41) is 10.3. The van der Waals surface area contributed by atoms with E-state index in [4.69, 9.17) is 0 Å². The molecular weight excluding hydrogens is 436 g/mol. The van der Waals surface area contributed by atoms with Gasteiger partial charge in [0.05, 0.1) is 16.5 Å². The van der Waals surface area contributed by atoms with Gasteiger partial charge in [0, 0.05) is 35.4 Å². The van der Waals surface area contributed by atoms with Gasteiger partial charge in [-0.05, 0) is 75.0 Å². The van der Waals surface area contributed by atoms with Crippen molar-refractivity contribution in [1.29, 1.82) is 0 Å². The number of benzene rings is 1. The zero-order valence-corrected chi connectivity index (χ0v) is 20.5. The predicted octanol–water partition coefficient (Wildman–Crippen LogP) is 3.96. The molecule has 6 rings (SSSR count). The maximum absolute atomic E-state index is 13.4. The van der Waals surface area contributed by atoms with Gasteiger partial charge in [0.2, 0.25) is 0 Å². The summed E-state index contributed by atoms with van der Waals surface area (Å²) in [6.45, 7) is 8.79. The standard InChI is InChI=1S/C28H32N6O/c1-27(2)18-8-12-28(27,3)22(16-18)32-26(35)21-11-15-30-25-23(21)33-24(34-25)17-4-6-19(7-5-17)31-20-9-13-29-14-10-20/h4-7,11,15,18,20,22,29,31H,9-10,13-14,16H2,1-3H3,(H,32,35)(H,30,33,34). The van der Waals surface area contributed by atoms with Crippen LogP contribution in [0.25, 0.3) is 22.6 Å². The topological polar surface area (TPSA) is 94.7 Å². The molecule has 1 saturated heterocycles. The van der Waals surface area contributed by atoms with E-state index in [0.717, 1.165) is 43.6 Å². The summed E-state index contributed by atoms with van der Waals surface area (Å²) in [5.74, 6) is 7.71. The van der Waals surface area contributed by atoms with E-state index in [1.807, 2.05) is 0 Å². The molecule has 0 spiro atoms. The summed E-state index contributed by atoms with van der Waals surface area (Å²) in [4.78, 5) is 25.8. The minimum absolute atomic E-state index is 0.0295. The maximum atomic E-state index is 13.4. The van der Waals surface area contributed by atoms with Crippen molar-refractivity contribution in [3.05, 3.63) is 42.1 Å². The molecule has 180 valence electrons. The number of piperidine rings is 1. The molecule has 0 radical (unpaired) electrons. The van der Waals surface area contributed by atoms with Crippen LogP contribution >= 0.6 is 0 Å². The summed E-state index contributed by atoms with van der Waals surface area (Å²) in [7, 11) is 0. The molecule has 3 unspecified atom stereocenters. The molecule has 2 fully saturated rings. The highest BCUT2D eigenvalue weighted by molar-refractivity contribution is 6.04. The van der Waals surface area contributed by atoms with Crippen molar-refractivity contribution < 1.29 is 4.79 Å². The molecule has 7 heteroatoms. The van der Waals surface area contributed by atoms with E-state index in [1.165, 1.54) is 0 Å². The number of rotatable bonds is 5. The largest absolute Gasteiger partial charge is 0.382 e. The van der Waals surface area contributed by atoms with E-state index in [1.54, 1.807) is 12.3 Å². The number of imidazole rings is 1. The third-order valence-corrected chi connectivity index (χ3v) is 8.69. The van der Waals surface area contributed by atoms with Crippen LogP contribution in [-0.4, -0.2) is 46.0 Å². The molecule has 1 aliphatic heterocycles. The zero-order chi connectivity index (χ0) is 24.2. The Kier molecular flexibility index (Phi) is 5.12. The third kappa shape index (κ3) is 3.59. The van der Waals surface area contributed by atoms with Crippen LogP contribution in [0, 0.1) is 28.6 Å². The molecule has 4 N–H and O–H groups in total. The number of hydrogen-bond acceptors (Lipinski definition) is 5. The number of carbonyl (C=O) groups is 1. The van der Waals surface area contributed by atoms with Crippen molar-refractivity contribution >= 4 is 22.8 Å². The van der Waals surface area contributed by atoms with Gasteiger partial charge < -0.3 is 20.9 Å². The van der Waals surface area contributed by atoms with Crippen LogP contribution in [0.1, 0.15) is 50.4 Å². The van der Waals surface area contributed by atoms with Gasteiger partial charge in [0.25, 0.3) is 5.91 Å². The monoisotopic (exact) mass is 468 g/mol. The Morgan fingerprint density at radius 2 is 1.89 bits per heavy atom. The molecular formula is C28H32N6O. The van der Waals surface area contributed by atoms with E-state index in [9.17, 15) is 4.79 Å². The van der Waals surface area contributed by atoms with Gasteiger partial charge in [0.1, 0.15) is 5.82 Å². The number of carbonyl (C=O) groups excluding carboxylic acids is 1. The van der Waals surface area contributed by atoms with E-state index in [0.29, 0.717) is 34.5 Å². The first-order valence-electron chi connectivity index (χ1n) is 12.6. The molecule has 2 bridgehead atoms. The number of pyridine rings is 1. The SMILES string of the molecule is CC1(C)C2C#CC1(C)C(NC(=O)c1ccnc3nc(-c4ccc(NC5CCNCC5)cc4)[nH]c13)C2. The summed E-state index contributed by atoms with van der Waals surface area (Å²) in [6.07, 6.45) is 4.81. The normalized spacial score (nSPS) is 26.9. The number of aromatic amines is 1. The summed E-state index contributed by atoms with van der Waals surface area (Å²) >= 11 is 0. The van der Waals surface area contributed by atoms with Gasteiger partial charge >= 0.3 is 0 Å². The number of aromatic nitrogens is 3. The Hall–Kier alpha value is -3.37. The summed E-state index contributed by atoms with van der Waals surface area (Å²) in [6, 6.07) is 10.6. The molecule has 3 aromatic rings. The average Bonchev–Trinajstić information content (AvgIpc) is 3.45. The molecule has 35 heavy (non-hydrogen) atoms. The highest BCUT2D eigenvalue weighted by Crippen LogP contribution is 2.58. The van der Waals surface area contributed by atoms with E-state index in [2.05, 4.69) is 87.8 Å². The fourth-order valence-electron chi connectivity index (χ4n) is 5.90. The van der Waals surface area contributed by atoms with Crippen LogP contribution in [0.5, 0.6) is 0 Å². The van der Waals surface area contributed by atoms with E-state index >= 15 is 0 Å². The number of nitrogens with one attached hydrogen (secondary N) is 4. The van der Waals surface area contributed by atoms with Crippen molar-refractivity contribution in [3.63, 3.8) is 0 Å². The fraction of sp³-hybridized carbons (Fsp3) is 0.464. The molecule has 2 aromatic heterocycles. The third-order valence-electron chi connectivity index (χ3n) is 8.69. The number of hydrogen-bond donors (Lipinski definition) is 4. The molecule has 3 atom stereocenters. The van der Waals surface area contributed by atoms with Gasteiger partial charge in [-0.1, -0.05) is 25.7 Å². The Morgan fingerprint density at radius 1 is 1.11 bits per heavy atom. The molecule has 1 saturated carbocycles. The number of anilines is 1.